The van der Waals surface area contributed by atoms with Crippen molar-refractivity contribution in [3.05, 3.63) is 11.2 Å². The maximum atomic E-state index is 6.02. The number of aromatic nitrogens is 2. The molecule has 1 unspecified atom stereocenters. The summed E-state index contributed by atoms with van der Waals surface area (Å²) >= 11 is 7.54. The molecule has 17 heavy (non-hydrogen) atoms. The van der Waals surface area contributed by atoms with Crippen LogP contribution in [0, 0.1) is 11.8 Å². The van der Waals surface area contributed by atoms with E-state index in [-0.39, 0.29) is 0 Å². The van der Waals surface area contributed by atoms with Crippen LogP contribution in [0.25, 0.3) is 0 Å². The molecular formula is C12H18ClN3S. The van der Waals surface area contributed by atoms with Gasteiger partial charge in [0.15, 0.2) is 5.16 Å². The lowest BCUT2D eigenvalue weighted by atomic mass is 9.95. The van der Waals surface area contributed by atoms with Gasteiger partial charge in [-0.05, 0) is 24.5 Å². The van der Waals surface area contributed by atoms with Crippen LogP contribution in [0.1, 0.15) is 20.3 Å². The highest BCUT2D eigenvalue weighted by atomic mass is 35.5. The summed E-state index contributed by atoms with van der Waals surface area (Å²) in [6.45, 7) is 6.73. The van der Waals surface area contributed by atoms with Gasteiger partial charge in [-0.1, -0.05) is 37.2 Å². The molecule has 5 heteroatoms. The predicted molar refractivity (Wildman–Crippen MR) is 74.0 cm³/mol. The summed E-state index contributed by atoms with van der Waals surface area (Å²) in [6.07, 6.45) is 3.21. The fraction of sp³-hybridized carbons (Fsp3) is 0.667. The van der Waals surface area contributed by atoms with Crippen LogP contribution in [0.4, 0.5) is 5.82 Å². The molecule has 3 nitrogen and oxygen atoms in total. The summed E-state index contributed by atoms with van der Waals surface area (Å²) in [5.74, 6) is 2.47. The highest BCUT2D eigenvalue weighted by Gasteiger charge is 2.26. The van der Waals surface area contributed by atoms with E-state index in [0.717, 1.165) is 35.9 Å². The highest BCUT2D eigenvalue weighted by Crippen LogP contribution is 2.29. The van der Waals surface area contributed by atoms with Gasteiger partial charge in [-0.3, -0.25) is 0 Å². The molecule has 0 amide bonds. The summed E-state index contributed by atoms with van der Waals surface area (Å²) in [6, 6.07) is 1.87. The third-order valence-corrected chi connectivity index (χ3v) is 4.08. The first-order valence-electron chi connectivity index (χ1n) is 5.93. The first-order chi connectivity index (χ1) is 8.10. The molecule has 1 aliphatic rings. The largest absolute Gasteiger partial charge is 0.356 e. The van der Waals surface area contributed by atoms with Crippen molar-refractivity contribution in [2.24, 2.45) is 11.8 Å². The van der Waals surface area contributed by atoms with Crippen molar-refractivity contribution in [1.29, 1.82) is 0 Å². The van der Waals surface area contributed by atoms with E-state index in [9.17, 15) is 0 Å². The predicted octanol–water partition coefficient (Wildman–Crippen LogP) is 3.33. The van der Waals surface area contributed by atoms with E-state index in [1.54, 1.807) is 0 Å². The van der Waals surface area contributed by atoms with E-state index in [1.807, 2.05) is 12.3 Å². The fourth-order valence-corrected chi connectivity index (χ4v) is 2.78. The first-order valence-corrected chi connectivity index (χ1v) is 7.54. The van der Waals surface area contributed by atoms with Crippen molar-refractivity contribution in [2.45, 2.75) is 25.4 Å². The average Bonchev–Trinajstić information content (AvgIpc) is 2.77. The lowest BCUT2D eigenvalue weighted by Gasteiger charge is -2.19. The Morgan fingerprint density at radius 3 is 2.82 bits per heavy atom. The number of halogens is 1. The van der Waals surface area contributed by atoms with Crippen molar-refractivity contribution in [1.82, 2.24) is 9.97 Å². The topological polar surface area (TPSA) is 29.0 Å². The Morgan fingerprint density at radius 2 is 2.24 bits per heavy atom. The van der Waals surface area contributed by atoms with Gasteiger partial charge in [-0.15, -0.1) is 0 Å². The molecule has 1 aromatic heterocycles. The maximum Gasteiger partial charge on any atom is 0.190 e. The standard InChI is InChI=1S/C12H18ClN3S/c1-8(2)9-4-5-16(7-9)11-6-10(13)14-12(15-11)17-3/h6,8-9H,4-5,7H2,1-3H3. The van der Waals surface area contributed by atoms with Gasteiger partial charge in [0.05, 0.1) is 0 Å². The van der Waals surface area contributed by atoms with E-state index < -0.39 is 0 Å². The minimum atomic E-state index is 0.535. The summed E-state index contributed by atoms with van der Waals surface area (Å²) in [5.41, 5.74) is 0. The normalized spacial score (nSPS) is 20.3. The Kier molecular flexibility index (Phi) is 4.15. The minimum Gasteiger partial charge on any atom is -0.356 e. The van der Waals surface area contributed by atoms with E-state index in [0.29, 0.717) is 5.15 Å². The van der Waals surface area contributed by atoms with Gasteiger partial charge in [0.2, 0.25) is 0 Å². The number of rotatable bonds is 3. The number of anilines is 1. The summed E-state index contributed by atoms with van der Waals surface area (Å²) in [7, 11) is 0. The Bertz CT molecular complexity index is 397. The molecule has 0 aromatic carbocycles. The summed E-state index contributed by atoms with van der Waals surface area (Å²) < 4.78 is 0. The number of nitrogens with zero attached hydrogens (tertiary/aromatic N) is 3. The molecule has 2 rings (SSSR count). The second-order valence-corrected chi connectivity index (χ2v) is 5.93. The van der Waals surface area contributed by atoms with Crippen molar-refractivity contribution < 1.29 is 0 Å². The first kappa shape index (κ1) is 13.0. The average molecular weight is 272 g/mol. The molecule has 94 valence electrons. The third kappa shape index (κ3) is 3.05. The van der Waals surface area contributed by atoms with Crippen LogP contribution < -0.4 is 4.90 Å². The van der Waals surface area contributed by atoms with Crippen LogP contribution in [-0.2, 0) is 0 Å². The van der Waals surface area contributed by atoms with Crippen LogP contribution in [0.15, 0.2) is 11.2 Å². The lowest BCUT2D eigenvalue weighted by molar-refractivity contribution is 0.422. The van der Waals surface area contributed by atoms with Crippen LogP contribution in [0.2, 0.25) is 5.15 Å². The molecule has 0 saturated carbocycles. The number of hydrogen-bond donors (Lipinski definition) is 0. The monoisotopic (exact) mass is 271 g/mol. The Morgan fingerprint density at radius 1 is 1.47 bits per heavy atom. The van der Waals surface area contributed by atoms with Gasteiger partial charge in [-0.2, -0.15) is 0 Å². The molecule has 2 heterocycles. The highest BCUT2D eigenvalue weighted by molar-refractivity contribution is 7.98. The van der Waals surface area contributed by atoms with Crippen LogP contribution in [0.5, 0.6) is 0 Å². The molecule has 0 aliphatic carbocycles. The second kappa shape index (κ2) is 5.44. The Balaban J connectivity index is 2.15. The molecule has 1 aromatic rings. The third-order valence-electron chi connectivity index (χ3n) is 3.33. The second-order valence-electron chi connectivity index (χ2n) is 4.77. The molecule has 0 N–H and O–H groups in total. The van der Waals surface area contributed by atoms with Gasteiger partial charge < -0.3 is 4.90 Å². The zero-order chi connectivity index (χ0) is 12.4. The molecule has 0 radical (unpaired) electrons. The Hall–Kier alpha value is -0.480. The maximum absolute atomic E-state index is 6.02. The van der Waals surface area contributed by atoms with Crippen molar-refractivity contribution >= 4 is 29.2 Å². The SMILES string of the molecule is CSc1nc(Cl)cc(N2CCC(C(C)C)C2)n1. The van der Waals surface area contributed by atoms with Gasteiger partial charge in [-0.25, -0.2) is 9.97 Å². The zero-order valence-corrected chi connectivity index (χ0v) is 12.1. The number of hydrogen-bond acceptors (Lipinski definition) is 4. The zero-order valence-electron chi connectivity index (χ0n) is 10.5. The molecule has 0 spiro atoms. The molecule has 1 aliphatic heterocycles. The smallest absolute Gasteiger partial charge is 0.190 e. The van der Waals surface area contributed by atoms with Crippen LogP contribution >= 0.6 is 23.4 Å². The molecule has 1 atom stereocenters. The van der Waals surface area contributed by atoms with Crippen LogP contribution in [-0.4, -0.2) is 29.3 Å². The van der Waals surface area contributed by atoms with Crippen molar-refractivity contribution in [3.63, 3.8) is 0 Å². The Labute approximate surface area is 112 Å². The molecule has 1 fully saturated rings. The van der Waals surface area contributed by atoms with Crippen molar-refractivity contribution in [2.75, 3.05) is 24.2 Å². The molecule has 1 saturated heterocycles. The van der Waals surface area contributed by atoms with E-state index in [2.05, 4.69) is 28.7 Å². The minimum absolute atomic E-state index is 0.535. The van der Waals surface area contributed by atoms with Gasteiger partial charge in [0, 0.05) is 19.2 Å². The quantitative estimate of drug-likeness (QED) is 0.479. The van der Waals surface area contributed by atoms with Crippen molar-refractivity contribution in [3.8, 4) is 0 Å². The fourth-order valence-electron chi connectivity index (χ4n) is 2.18. The van der Waals surface area contributed by atoms with Gasteiger partial charge >= 0.3 is 0 Å². The summed E-state index contributed by atoms with van der Waals surface area (Å²) in [5, 5.41) is 1.29. The number of thioether (sulfide) groups is 1. The summed E-state index contributed by atoms with van der Waals surface area (Å²) in [4.78, 5) is 11.0. The van der Waals surface area contributed by atoms with Gasteiger partial charge in [0.1, 0.15) is 11.0 Å². The molecular weight excluding hydrogens is 254 g/mol. The van der Waals surface area contributed by atoms with Gasteiger partial charge in [0.25, 0.3) is 0 Å². The molecule has 0 bridgehead atoms. The van der Waals surface area contributed by atoms with E-state index in [4.69, 9.17) is 11.6 Å². The van der Waals surface area contributed by atoms with E-state index in [1.165, 1.54) is 18.2 Å². The lowest BCUT2D eigenvalue weighted by Crippen LogP contribution is -2.22. The van der Waals surface area contributed by atoms with Crippen LogP contribution in [0.3, 0.4) is 0 Å². The van der Waals surface area contributed by atoms with E-state index >= 15 is 0 Å².